The lowest BCUT2D eigenvalue weighted by Crippen LogP contribution is -2.59. The number of ketones is 1. The Labute approximate surface area is 158 Å². The van der Waals surface area contributed by atoms with E-state index in [1.165, 1.54) is 6.08 Å². The molecule has 0 aromatic heterocycles. The average Bonchev–Trinajstić information content (AvgIpc) is 2.58. The molecule has 1 heterocycles. The number of carbonyl (C=O) groups is 1. The van der Waals surface area contributed by atoms with Crippen molar-refractivity contribution in [1.82, 2.24) is 0 Å². The summed E-state index contributed by atoms with van der Waals surface area (Å²) < 4.78 is 10.9. The van der Waals surface area contributed by atoms with Crippen LogP contribution in [0.5, 0.6) is 0 Å². The van der Waals surface area contributed by atoms with Crippen molar-refractivity contribution in [3.63, 3.8) is 0 Å². The van der Waals surface area contributed by atoms with Gasteiger partial charge >= 0.3 is 0 Å². The summed E-state index contributed by atoms with van der Waals surface area (Å²) in [6.07, 6.45) is -2.64. The first-order valence-corrected chi connectivity index (χ1v) is 9.02. The molecule has 0 spiro atoms. The van der Waals surface area contributed by atoms with E-state index in [0.717, 1.165) is 0 Å². The highest BCUT2D eigenvalue weighted by Gasteiger charge is 2.47. The molecule has 154 valence electrons. The van der Waals surface area contributed by atoms with Gasteiger partial charge in [-0.3, -0.25) is 4.79 Å². The lowest BCUT2D eigenvalue weighted by atomic mass is 9.64. The van der Waals surface area contributed by atoms with Gasteiger partial charge in [0.1, 0.15) is 30.0 Å². The normalized spacial score (nSPS) is 40.9. The van der Waals surface area contributed by atoms with Gasteiger partial charge < -0.3 is 35.0 Å². The summed E-state index contributed by atoms with van der Waals surface area (Å²) in [5.41, 5.74) is -1.52. The largest absolute Gasteiger partial charge is 0.394 e. The fourth-order valence-electron chi connectivity index (χ4n) is 3.58. The standard InChI is InChI=1S/C19H30O8/c1-10-7-12(21)8-18(3,4)19(10,25)6-5-11(2)26-17-16(24)15(23)14(22)13(9-20)27-17/h5-7,11,13-17,20,22-25H,8-9H2,1-4H3/b6-5+/t11-,13+,14+,15-,16+,17+,19-/m0/s1. The highest BCUT2D eigenvalue weighted by molar-refractivity contribution is 5.92. The molecule has 1 fully saturated rings. The van der Waals surface area contributed by atoms with Gasteiger partial charge in [0, 0.05) is 11.8 Å². The van der Waals surface area contributed by atoms with Crippen molar-refractivity contribution in [2.75, 3.05) is 6.61 Å². The predicted octanol–water partition coefficient (Wildman–Crippen LogP) is -0.576. The summed E-state index contributed by atoms with van der Waals surface area (Å²) >= 11 is 0. The van der Waals surface area contributed by atoms with Crippen LogP contribution >= 0.6 is 0 Å². The minimum Gasteiger partial charge on any atom is -0.394 e. The molecule has 2 aliphatic rings. The Morgan fingerprint density at radius 1 is 1.30 bits per heavy atom. The van der Waals surface area contributed by atoms with Crippen molar-refractivity contribution in [2.24, 2.45) is 5.41 Å². The van der Waals surface area contributed by atoms with Gasteiger partial charge in [0.15, 0.2) is 12.1 Å². The molecule has 8 heteroatoms. The lowest BCUT2D eigenvalue weighted by molar-refractivity contribution is -0.306. The molecule has 0 saturated carbocycles. The van der Waals surface area contributed by atoms with Crippen molar-refractivity contribution in [3.05, 3.63) is 23.8 Å². The number of aliphatic hydroxyl groups is 5. The molecule has 0 aromatic carbocycles. The molecule has 0 radical (unpaired) electrons. The monoisotopic (exact) mass is 386 g/mol. The van der Waals surface area contributed by atoms with Crippen molar-refractivity contribution in [1.29, 1.82) is 0 Å². The van der Waals surface area contributed by atoms with Crippen molar-refractivity contribution in [2.45, 2.75) is 76.5 Å². The molecule has 0 aromatic rings. The van der Waals surface area contributed by atoms with Gasteiger partial charge in [0.2, 0.25) is 0 Å². The number of aliphatic hydroxyl groups excluding tert-OH is 4. The Morgan fingerprint density at radius 3 is 2.48 bits per heavy atom. The molecule has 1 aliphatic carbocycles. The van der Waals surface area contributed by atoms with Crippen LogP contribution in [0.4, 0.5) is 0 Å². The number of hydrogen-bond donors (Lipinski definition) is 5. The second-order valence-corrected chi connectivity index (χ2v) is 8.02. The van der Waals surface area contributed by atoms with Crippen LogP contribution in [-0.2, 0) is 14.3 Å². The molecule has 2 rings (SSSR count). The second-order valence-electron chi connectivity index (χ2n) is 8.02. The Bertz CT molecular complexity index is 611. The molecule has 1 aliphatic heterocycles. The van der Waals surface area contributed by atoms with E-state index < -0.39 is 54.4 Å². The number of rotatable bonds is 5. The minimum atomic E-state index is -1.52. The van der Waals surface area contributed by atoms with E-state index in [0.29, 0.717) is 5.57 Å². The lowest BCUT2D eigenvalue weighted by Gasteiger charge is -2.44. The van der Waals surface area contributed by atoms with Crippen LogP contribution in [0.2, 0.25) is 0 Å². The average molecular weight is 386 g/mol. The van der Waals surface area contributed by atoms with E-state index >= 15 is 0 Å². The highest BCUT2D eigenvalue weighted by atomic mass is 16.7. The zero-order valence-electron chi connectivity index (χ0n) is 16.1. The topological polar surface area (TPSA) is 137 Å². The van der Waals surface area contributed by atoms with Crippen LogP contribution in [0.3, 0.4) is 0 Å². The maximum Gasteiger partial charge on any atom is 0.187 e. The van der Waals surface area contributed by atoms with E-state index in [-0.39, 0.29) is 12.2 Å². The van der Waals surface area contributed by atoms with Gasteiger partial charge in [-0.05, 0) is 31.6 Å². The summed E-state index contributed by atoms with van der Waals surface area (Å²) in [7, 11) is 0. The molecule has 8 nitrogen and oxygen atoms in total. The summed E-state index contributed by atoms with van der Waals surface area (Å²) in [6, 6.07) is 0. The summed E-state index contributed by atoms with van der Waals surface area (Å²) in [6.45, 7) is 6.40. The van der Waals surface area contributed by atoms with Crippen LogP contribution in [0.15, 0.2) is 23.8 Å². The van der Waals surface area contributed by atoms with Crippen LogP contribution in [-0.4, -0.2) is 80.3 Å². The van der Waals surface area contributed by atoms with Gasteiger partial charge in [0.25, 0.3) is 0 Å². The zero-order chi connectivity index (χ0) is 20.6. The number of allylic oxidation sites excluding steroid dienone is 1. The Hall–Kier alpha value is -1.13. The van der Waals surface area contributed by atoms with E-state index in [1.807, 2.05) is 0 Å². The third kappa shape index (κ3) is 4.32. The second kappa shape index (κ2) is 8.08. The smallest absolute Gasteiger partial charge is 0.187 e. The van der Waals surface area contributed by atoms with Crippen LogP contribution < -0.4 is 0 Å². The van der Waals surface area contributed by atoms with Crippen molar-refractivity contribution in [3.8, 4) is 0 Å². The fourth-order valence-corrected chi connectivity index (χ4v) is 3.58. The predicted molar refractivity (Wildman–Crippen MR) is 95.6 cm³/mol. The maximum atomic E-state index is 11.8. The molecular weight excluding hydrogens is 356 g/mol. The number of hydrogen-bond acceptors (Lipinski definition) is 8. The molecule has 0 unspecified atom stereocenters. The third-order valence-electron chi connectivity index (χ3n) is 5.43. The Balaban J connectivity index is 2.11. The SMILES string of the molecule is CC1=CC(=O)CC(C)(C)[C@]1(O)/C=C/[C@H](C)O[C@@H]1O[C@H](CO)[C@@H](O)[C@H](O)[C@H]1O. The number of ether oxygens (including phenoxy) is 2. The van der Waals surface area contributed by atoms with E-state index in [2.05, 4.69) is 0 Å². The molecule has 7 atom stereocenters. The van der Waals surface area contributed by atoms with Gasteiger partial charge in [-0.1, -0.05) is 19.9 Å². The summed E-state index contributed by atoms with van der Waals surface area (Å²) in [5.74, 6) is -0.0406. The van der Waals surface area contributed by atoms with E-state index in [9.17, 15) is 30.3 Å². The zero-order valence-corrected chi connectivity index (χ0v) is 16.1. The highest BCUT2D eigenvalue weighted by Crippen LogP contribution is 2.44. The molecular formula is C19H30O8. The Kier molecular flexibility index (Phi) is 6.63. The van der Waals surface area contributed by atoms with Crippen molar-refractivity contribution < 1.29 is 39.8 Å². The molecule has 0 bridgehead atoms. The van der Waals surface area contributed by atoms with Crippen LogP contribution in [0, 0.1) is 5.41 Å². The van der Waals surface area contributed by atoms with E-state index in [4.69, 9.17) is 9.47 Å². The van der Waals surface area contributed by atoms with Gasteiger partial charge in [0.05, 0.1) is 12.7 Å². The first kappa shape index (κ1) is 22.2. The molecule has 0 amide bonds. The van der Waals surface area contributed by atoms with Crippen LogP contribution in [0.1, 0.15) is 34.1 Å². The molecule has 5 N–H and O–H groups in total. The summed E-state index contributed by atoms with van der Waals surface area (Å²) in [5, 5.41) is 50.0. The maximum absolute atomic E-state index is 11.8. The van der Waals surface area contributed by atoms with Gasteiger partial charge in [-0.15, -0.1) is 0 Å². The Morgan fingerprint density at radius 2 is 1.93 bits per heavy atom. The molecule has 27 heavy (non-hydrogen) atoms. The van der Waals surface area contributed by atoms with E-state index in [1.54, 1.807) is 39.8 Å². The van der Waals surface area contributed by atoms with Gasteiger partial charge in [-0.2, -0.15) is 0 Å². The molecule has 1 saturated heterocycles. The first-order valence-electron chi connectivity index (χ1n) is 9.02. The van der Waals surface area contributed by atoms with Gasteiger partial charge in [-0.25, -0.2) is 0 Å². The third-order valence-corrected chi connectivity index (χ3v) is 5.43. The van der Waals surface area contributed by atoms with Crippen molar-refractivity contribution >= 4 is 5.78 Å². The minimum absolute atomic E-state index is 0.0406. The quantitative estimate of drug-likeness (QED) is 0.396. The summed E-state index contributed by atoms with van der Waals surface area (Å²) in [4.78, 5) is 11.8. The first-order chi connectivity index (χ1) is 12.4. The fraction of sp³-hybridized carbons (Fsp3) is 0.737. The van der Waals surface area contributed by atoms with Crippen LogP contribution in [0.25, 0.3) is 0 Å². The number of carbonyl (C=O) groups excluding carboxylic acids is 1.